The average Bonchev–Trinajstić information content (AvgIpc) is 2.77. The number of nitrogens with one attached hydrogen (secondary N) is 1. The molecule has 0 saturated heterocycles. The van der Waals surface area contributed by atoms with Crippen LogP contribution in [0.4, 0.5) is 0 Å². The minimum absolute atomic E-state index is 0.0313. The van der Waals surface area contributed by atoms with Gasteiger partial charge in [-0.3, -0.25) is 4.79 Å². The quantitative estimate of drug-likeness (QED) is 0.851. The van der Waals surface area contributed by atoms with Crippen LogP contribution < -0.4 is 5.32 Å². The molecule has 0 aliphatic carbocycles. The van der Waals surface area contributed by atoms with Gasteiger partial charge in [-0.05, 0) is 68.9 Å². The number of amides is 1. The Balaban J connectivity index is 1.97. The molecule has 2 aromatic rings. The van der Waals surface area contributed by atoms with Gasteiger partial charge in [-0.1, -0.05) is 13.8 Å². The van der Waals surface area contributed by atoms with E-state index < -0.39 is 0 Å². The van der Waals surface area contributed by atoms with Crippen molar-refractivity contribution >= 4 is 16.9 Å². The molecule has 0 radical (unpaired) electrons. The second kappa shape index (κ2) is 6.99. The lowest BCUT2D eigenvalue weighted by molar-refractivity contribution is -0.121. The van der Waals surface area contributed by atoms with Crippen LogP contribution in [0.25, 0.3) is 11.0 Å². The summed E-state index contributed by atoms with van der Waals surface area (Å²) in [6.45, 7) is 10.6. The maximum atomic E-state index is 12.1. The predicted octanol–water partition coefficient (Wildman–Crippen LogP) is 4.53. The first-order chi connectivity index (χ1) is 10.3. The first kappa shape index (κ1) is 16.6. The summed E-state index contributed by atoms with van der Waals surface area (Å²) in [6, 6.07) is 6.34. The van der Waals surface area contributed by atoms with Crippen molar-refractivity contribution in [2.45, 2.75) is 59.9 Å². The first-order valence-corrected chi connectivity index (χ1v) is 8.14. The molecule has 1 unspecified atom stereocenters. The van der Waals surface area contributed by atoms with E-state index in [1.165, 1.54) is 11.1 Å². The summed E-state index contributed by atoms with van der Waals surface area (Å²) in [5.41, 5.74) is 3.31. The number of fused-ring (bicyclic) bond motifs is 1. The molecular weight excluding hydrogens is 274 g/mol. The summed E-state index contributed by atoms with van der Waals surface area (Å²) in [7, 11) is 0. The number of benzene rings is 1. The molecule has 0 aliphatic rings. The van der Waals surface area contributed by atoms with E-state index in [0.717, 1.165) is 29.6 Å². The van der Waals surface area contributed by atoms with Crippen molar-refractivity contribution in [1.29, 1.82) is 0 Å². The van der Waals surface area contributed by atoms with E-state index in [4.69, 9.17) is 4.42 Å². The number of hydrogen-bond donors (Lipinski definition) is 1. The Kier molecular flexibility index (Phi) is 5.28. The van der Waals surface area contributed by atoms with E-state index in [0.29, 0.717) is 12.3 Å². The SMILES string of the molecule is Cc1cc2cc(CC(=O)NC(C)CCC(C)C)oc2cc1C. The van der Waals surface area contributed by atoms with Crippen molar-refractivity contribution in [1.82, 2.24) is 5.32 Å². The molecule has 3 heteroatoms. The van der Waals surface area contributed by atoms with Gasteiger partial charge in [0.1, 0.15) is 11.3 Å². The monoisotopic (exact) mass is 301 g/mol. The number of rotatable bonds is 6. The summed E-state index contributed by atoms with van der Waals surface area (Å²) in [4.78, 5) is 12.1. The number of carbonyl (C=O) groups is 1. The van der Waals surface area contributed by atoms with Crippen LogP contribution in [-0.4, -0.2) is 11.9 Å². The van der Waals surface area contributed by atoms with Gasteiger partial charge in [0.25, 0.3) is 0 Å². The van der Waals surface area contributed by atoms with Crippen molar-refractivity contribution < 1.29 is 9.21 Å². The van der Waals surface area contributed by atoms with Crippen LogP contribution in [0.2, 0.25) is 0 Å². The van der Waals surface area contributed by atoms with Gasteiger partial charge in [0.05, 0.1) is 6.42 Å². The summed E-state index contributed by atoms with van der Waals surface area (Å²) in [6.07, 6.45) is 2.45. The third-order valence-corrected chi connectivity index (χ3v) is 4.10. The van der Waals surface area contributed by atoms with Crippen LogP contribution in [0.5, 0.6) is 0 Å². The summed E-state index contributed by atoms with van der Waals surface area (Å²) >= 11 is 0. The maximum Gasteiger partial charge on any atom is 0.227 e. The van der Waals surface area contributed by atoms with E-state index in [2.05, 4.69) is 46.0 Å². The Hall–Kier alpha value is -1.77. The molecule has 120 valence electrons. The summed E-state index contributed by atoms with van der Waals surface area (Å²) in [5, 5.41) is 4.12. The third-order valence-electron chi connectivity index (χ3n) is 4.10. The lowest BCUT2D eigenvalue weighted by atomic mass is 10.0. The largest absolute Gasteiger partial charge is 0.461 e. The average molecular weight is 301 g/mol. The van der Waals surface area contributed by atoms with E-state index >= 15 is 0 Å². The fourth-order valence-electron chi connectivity index (χ4n) is 2.58. The smallest absolute Gasteiger partial charge is 0.227 e. The Morgan fingerprint density at radius 1 is 1.09 bits per heavy atom. The highest BCUT2D eigenvalue weighted by atomic mass is 16.3. The van der Waals surface area contributed by atoms with Crippen LogP contribution in [0.3, 0.4) is 0 Å². The van der Waals surface area contributed by atoms with Crippen LogP contribution >= 0.6 is 0 Å². The zero-order chi connectivity index (χ0) is 16.3. The fraction of sp³-hybridized carbons (Fsp3) is 0.526. The number of hydrogen-bond acceptors (Lipinski definition) is 2. The van der Waals surface area contributed by atoms with Crippen LogP contribution in [0.1, 0.15) is 50.5 Å². The normalized spacial score (nSPS) is 12.8. The molecule has 1 amide bonds. The molecule has 1 N–H and O–H groups in total. The van der Waals surface area contributed by atoms with Crippen LogP contribution in [0.15, 0.2) is 22.6 Å². The number of carbonyl (C=O) groups excluding carboxylic acids is 1. The summed E-state index contributed by atoms with van der Waals surface area (Å²) < 4.78 is 5.79. The van der Waals surface area contributed by atoms with Gasteiger partial charge in [-0.2, -0.15) is 0 Å². The second-order valence-corrected chi connectivity index (χ2v) is 6.80. The van der Waals surface area contributed by atoms with E-state index in [-0.39, 0.29) is 11.9 Å². The predicted molar refractivity (Wildman–Crippen MR) is 91.1 cm³/mol. The third kappa shape index (κ3) is 4.36. The van der Waals surface area contributed by atoms with Crippen molar-refractivity contribution in [3.05, 3.63) is 35.1 Å². The van der Waals surface area contributed by atoms with Gasteiger partial charge in [0.2, 0.25) is 5.91 Å². The van der Waals surface area contributed by atoms with Gasteiger partial charge >= 0.3 is 0 Å². The molecule has 1 aromatic carbocycles. The molecule has 1 aromatic heterocycles. The number of aryl methyl sites for hydroxylation is 2. The van der Waals surface area contributed by atoms with Gasteiger partial charge in [-0.25, -0.2) is 0 Å². The minimum Gasteiger partial charge on any atom is -0.461 e. The molecule has 3 nitrogen and oxygen atoms in total. The van der Waals surface area contributed by atoms with Crippen LogP contribution in [0, 0.1) is 19.8 Å². The fourth-order valence-corrected chi connectivity index (χ4v) is 2.58. The van der Waals surface area contributed by atoms with Gasteiger partial charge in [-0.15, -0.1) is 0 Å². The van der Waals surface area contributed by atoms with Crippen LogP contribution in [-0.2, 0) is 11.2 Å². The second-order valence-electron chi connectivity index (χ2n) is 6.80. The molecule has 0 aliphatic heterocycles. The lowest BCUT2D eigenvalue weighted by Gasteiger charge is -2.14. The molecule has 0 saturated carbocycles. The van der Waals surface area contributed by atoms with Gasteiger partial charge in [0.15, 0.2) is 0 Å². The Bertz CT molecular complexity index is 616. The molecule has 0 bridgehead atoms. The first-order valence-electron chi connectivity index (χ1n) is 8.14. The zero-order valence-corrected chi connectivity index (χ0v) is 14.3. The molecule has 2 rings (SSSR count). The van der Waals surface area contributed by atoms with Gasteiger partial charge in [0, 0.05) is 11.4 Å². The lowest BCUT2D eigenvalue weighted by Crippen LogP contribution is -2.33. The van der Waals surface area contributed by atoms with Crippen molar-refractivity contribution in [2.24, 2.45) is 5.92 Å². The van der Waals surface area contributed by atoms with E-state index in [1.807, 2.05) is 12.1 Å². The minimum atomic E-state index is 0.0313. The Labute approximate surface area is 133 Å². The molecule has 0 spiro atoms. The highest BCUT2D eigenvalue weighted by Crippen LogP contribution is 2.23. The number of furan rings is 1. The van der Waals surface area contributed by atoms with Crippen molar-refractivity contribution in [3.63, 3.8) is 0 Å². The topological polar surface area (TPSA) is 42.2 Å². The highest BCUT2D eigenvalue weighted by molar-refractivity contribution is 5.83. The molecule has 1 atom stereocenters. The standard InChI is InChI=1S/C19H27NO2/c1-12(2)6-7-15(5)20-19(21)11-17-10-16-8-13(3)14(4)9-18(16)22-17/h8-10,12,15H,6-7,11H2,1-5H3,(H,20,21). The molecule has 22 heavy (non-hydrogen) atoms. The molecule has 0 fully saturated rings. The van der Waals surface area contributed by atoms with E-state index in [1.54, 1.807) is 0 Å². The van der Waals surface area contributed by atoms with Gasteiger partial charge < -0.3 is 9.73 Å². The zero-order valence-electron chi connectivity index (χ0n) is 14.3. The van der Waals surface area contributed by atoms with Crippen molar-refractivity contribution in [3.8, 4) is 0 Å². The Morgan fingerprint density at radius 3 is 2.45 bits per heavy atom. The molecular formula is C19H27NO2. The highest BCUT2D eigenvalue weighted by Gasteiger charge is 2.12. The maximum absolute atomic E-state index is 12.1. The molecule has 1 heterocycles. The van der Waals surface area contributed by atoms with E-state index in [9.17, 15) is 4.79 Å². The Morgan fingerprint density at radius 2 is 1.77 bits per heavy atom. The van der Waals surface area contributed by atoms with Crippen molar-refractivity contribution in [2.75, 3.05) is 0 Å². The summed E-state index contributed by atoms with van der Waals surface area (Å²) in [5.74, 6) is 1.43.